The number of benzene rings is 1. The van der Waals surface area contributed by atoms with Crippen molar-refractivity contribution in [2.24, 2.45) is 0 Å². The van der Waals surface area contributed by atoms with Gasteiger partial charge in [0.15, 0.2) is 5.69 Å². The van der Waals surface area contributed by atoms with Crippen LogP contribution in [0.5, 0.6) is 0 Å². The molecule has 0 saturated heterocycles. The molecule has 8 nitrogen and oxygen atoms in total. The van der Waals surface area contributed by atoms with Gasteiger partial charge in [0.1, 0.15) is 12.2 Å². The van der Waals surface area contributed by atoms with Crippen LogP contribution in [0.1, 0.15) is 35.2 Å². The molecule has 3 aromatic rings. The van der Waals surface area contributed by atoms with Gasteiger partial charge in [0, 0.05) is 18.4 Å². The molecule has 2 heterocycles. The fourth-order valence-corrected chi connectivity index (χ4v) is 2.94. The molecule has 0 aliphatic heterocycles. The molecular formula is C19H19ClF2N6O2. The summed E-state index contributed by atoms with van der Waals surface area (Å²) in [7, 11) is 0. The van der Waals surface area contributed by atoms with Crippen LogP contribution in [0, 0.1) is 6.92 Å². The first-order valence-corrected chi connectivity index (χ1v) is 9.42. The fraction of sp³-hybridized carbons (Fsp3) is 0.263. The summed E-state index contributed by atoms with van der Waals surface area (Å²) >= 11 is 5.86. The Morgan fingerprint density at radius 1 is 1.17 bits per heavy atom. The summed E-state index contributed by atoms with van der Waals surface area (Å²) in [5, 5.41) is 13.0. The van der Waals surface area contributed by atoms with E-state index < -0.39 is 23.9 Å². The third-order valence-corrected chi connectivity index (χ3v) is 4.73. The van der Waals surface area contributed by atoms with Crippen LogP contribution in [0.3, 0.4) is 0 Å². The van der Waals surface area contributed by atoms with Crippen LogP contribution in [0.2, 0.25) is 5.02 Å². The van der Waals surface area contributed by atoms with Crippen molar-refractivity contribution in [2.75, 3.05) is 10.6 Å². The molecule has 0 aliphatic carbocycles. The molecule has 1 aromatic carbocycles. The number of halogens is 3. The number of nitrogens with one attached hydrogen (secondary N) is 2. The number of rotatable bonds is 7. The Kier molecular flexibility index (Phi) is 6.46. The van der Waals surface area contributed by atoms with Gasteiger partial charge >= 0.3 is 0 Å². The molecular weight excluding hydrogens is 418 g/mol. The molecule has 158 valence electrons. The lowest BCUT2D eigenvalue weighted by Gasteiger charge is -2.07. The van der Waals surface area contributed by atoms with Gasteiger partial charge in [-0.15, -0.1) is 0 Å². The summed E-state index contributed by atoms with van der Waals surface area (Å²) in [5.41, 5.74) is 0.460. The second-order valence-electron chi connectivity index (χ2n) is 6.36. The van der Waals surface area contributed by atoms with Crippen molar-refractivity contribution in [3.05, 3.63) is 58.6 Å². The van der Waals surface area contributed by atoms with E-state index in [4.69, 9.17) is 11.6 Å². The number of hydrogen-bond acceptors (Lipinski definition) is 4. The smallest absolute Gasteiger partial charge is 0.283 e. The van der Waals surface area contributed by atoms with Crippen LogP contribution in [-0.2, 0) is 17.9 Å². The molecule has 0 saturated carbocycles. The fourth-order valence-electron chi connectivity index (χ4n) is 2.72. The summed E-state index contributed by atoms with van der Waals surface area (Å²) in [6, 6.07) is 8.80. The zero-order chi connectivity index (χ0) is 21.8. The van der Waals surface area contributed by atoms with Gasteiger partial charge in [0.25, 0.3) is 12.3 Å². The Labute approximate surface area is 175 Å². The zero-order valence-corrected chi connectivity index (χ0v) is 17.0. The van der Waals surface area contributed by atoms with E-state index in [9.17, 15) is 18.4 Å². The molecule has 0 unspecified atom stereocenters. The van der Waals surface area contributed by atoms with Crippen molar-refractivity contribution >= 4 is 34.8 Å². The number of nitrogens with zero attached hydrogens (tertiary/aromatic N) is 4. The highest BCUT2D eigenvalue weighted by Crippen LogP contribution is 2.28. The van der Waals surface area contributed by atoms with Crippen LogP contribution < -0.4 is 10.6 Å². The number of aryl methyl sites for hydroxylation is 1. The van der Waals surface area contributed by atoms with Crippen LogP contribution >= 0.6 is 11.6 Å². The van der Waals surface area contributed by atoms with E-state index in [1.165, 1.54) is 17.8 Å². The Morgan fingerprint density at radius 2 is 1.87 bits per heavy atom. The lowest BCUT2D eigenvalue weighted by Crippen LogP contribution is -2.22. The highest BCUT2D eigenvalue weighted by Gasteiger charge is 2.23. The van der Waals surface area contributed by atoms with Crippen LogP contribution in [0.4, 0.5) is 20.2 Å². The molecule has 0 bridgehead atoms. The predicted molar refractivity (Wildman–Crippen MR) is 108 cm³/mol. The monoisotopic (exact) mass is 436 g/mol. The Balaban J connectivity index is 1.78. The molecule has 0 radical (unpaired) electrons. The van der Waals surface area contributed by atoms with Crippen molar-refractivity contribution in [1.29, 1.82) is 0 Å². The number of anilines is 2. The Bertz CT molecular complexity index is 1060. The van der Waals surface area contributed by atoms with Crippen molar-refractivity contribution in [2.45, 2.75) is 33.4 Å². The van der Waals surface area contributed by atoms with Gasteiger partial charge < -0.3 is 10.6 Å². The van der Waals surface area contributed by atoms with Crippen LogP contribution in [-0.4, -0.2) is 31.4 Å². The summed E-state index contributed by atoms with van der Waals surface area (Å²) in [6.45, 7) is 3.45. The highest BCUT2D eigenvalue weighted by atomic mass is 35.5. The van der Waals surface area contributed by atoms with Crippen molar-refractivity contribution in [3.63, 3.8) is 0 Å². The van der Waals surface area contributed by atoms with Gasteiger partial charge in [0.05, 0.1) is 16.4 Å². The first kappa shape index (κ1) is 21.4. The minimum absolute atomic E-state index is 0.0255. The molecule has 2 amide bonds. The minimum atomic E-state index is -2.85. The van der Waals surface area contributed by atoms with Gasteiger partial charge in [-0.1, -0.05) is 29.8 Å². The number of para-hydroxylation sites is 1. The zero-order valence-electron chi connectivity index (χ0n) is 16.2. The van der Waals surface area contributed by atoms with E-state index in [-0.39, 0.29) is 28.6 Å². The van der Waals surface area contributed by atoms with Gasteiger partial charge in [-0.05, 0) is 26.0 Å². The second kappa shape index (κ2) is 9.04. The molecule has 0 fully saturated rings. The molecule has 11 heteroatoms. The van der Waals surface area contributed by atoms with Crippen LogP contribution in [0.15, 0.2) is 36.5 Å². The first-order chi connectivity index (χ1) is 14.3. The number of hydrogen-bond donors (Lipinski definition) is 2. The summed E-state index contributed by atoms with van der Waals surface area (Å²) in [4.78, 5) is 25.1. The van der Waals surface area contributed by atoms with Crippen molar-refractivity contribution in [1.82, 2.24) is 19.6 Å². The average Bonchev–Trinajstić information content (AvgIpc) is 3.25. The molecule has 2 aromatic heterocycles. The SMILES string of the molecule is CCn1cc(NC(=O)Cn2nc(C(F)F)c(Cl)c2C)c(C(=O)Nc2ccccc2)n1. The number of carbonyl (C=O) groups excluding carboxylic acids is 2. The minimum Gasteiger partial charge on any atom is -0.321 e. The molecule has 30 heavy (non-hydrogen) atoms. The summed E-state index contributed by atoms with van der Waals surface area (Å²) in [5.74, 6) is -1.07. The molecule has 0 spiro atoms. The average molecular weight is 437 g/mol. The maximum Gasteiger partial charge on any atom is 0.283 e. The standard InChI is InChI=1S/C19H19ClF2N6O2/c1-3-27-9-13(16(25-27)19(30)23-12-7-5-4-6-8-12)24-14(29)10-28-11(2)15(20)17(26-28)18(21)22/h4-9,18H,3,10H2,1-2H3,(H,23,30)(H,24,29). The number of alkyl halides is 2. The van der Waals surface area contributed by atoms with E-state index in [1.807, 2.05) is 13.0 Å². The number of carbonyl (C=O) groups is 2. The third kappa shape index (κ3) is 4.65. The lowest BCUT2D eigenvalue weighted by atomic mass is 10.3. The predicted octanol–water partition coefficient (Wildman–Crippen LogP) is 3.89. The Hall–Kier alpha value is -3.27. The van der Waals surface area contributed by atoms with Gasteiger partial charge in [-0.25, -0.2) is 8.78 Å². The summed E-state index contributed by atoms with van der Waals surface area (Å²) < 4.78 is 28.5. The molecule has 2 N–H and O–H groups in total. The van der Waals surface area contributed by atoms with Gasteiger partial charge in [-0.2, -0.15) is 10.2 Å². The lowest BCUT2D eigenvalue weighted by molar-refractivity contribution is -0.117. The maximum atomic E-state index is 13.0. The summed E-state index contributed by atoms with van der Waals surface area (Å²) in [6.07, 6.45) is -1.33. The van der Waals surface area contributed by atoms with Gasteiger partial charge in [-0.3, -0.25) is 19.0 Å². The van der Waals surface area contributed by atoms with E-state index in [2.05, 4.69) is 20.8 Å². The number of amides is 2. The highest BCUT2D eigenvalue weighted by molar-refractivity contribution is 6.31. The van der Waals surface area contributed by atoms with Crippen molar-refractivity contribution in [3.8, 4) is 0 Å². The largest absolute Gasteiger partial charge is 0.321 e. The first-order valence-electron chi connectivity index (χ1n) is 9.04. The maximum absolute atomic E-state index is 13.0. The van der Waals surface area contributed by atoms with E-state index in [0.29, 0.717) is 12.2 Å². The molecule has 0 atom stereocenters. The third-order valence-electron chi connectivity index (χ3n) is 4.26. The van der Waals surface area contributed by atoms with E-state index in [0.717, 1.165) is 4.68 Å². The topological polar surface area (TPSA) is 93.8 Å². The Morgan fingerprint density at radius 3 is 2.47 bits per heavy atom. The van der Waals surface area contributed by atoms with E-state index in [1.54, 1.807) is 24.3 Å². The quantitative estimate of drug-likeness (QED) is 0.587. The molecule has 3 rings (SSSR count). The number of aromatic nitrogens is 4. The van der Waals surface area contributed by atoms with Crippen molar-refractivity contribution < 1.29 is 18.4 Å². The second-order valence-corrected chi connectivity index (χ2v) is 6.74. The van der Waals surface area contributed by atoms with Crippen LogP contribution in [0.25, 0.3) is 0 Å². The normalized spacial score (nSPS) is 11.0. The molecule has 0 aliphatic rings. The van der Waals surface area contributed by atoms with E-state index >= 15 is 0 Å². The van der Waals surface area contributed by atoms with Gasteiger partial charge in [0.2, 0.25) is 5.91 Å².